The Labute approximate surface area is 121 Å². The Bertz CT molecular complexity index is 524. The molecule has 3 rings (SSSR count). The van der Waals surface area contributed by atoms with Crippen LogP contribution >= 0.6 is 0 Å². The molecular weight excluding hydrogens is 244 g/mol. The molecule has 0 amide bonds. The predicted molar refractivity (Wildman–Crippen MR) is 83.5 cm³/mol. The number of likely N-dealkylation sites (tertiary alicyclic amines) is 1. The third-order valence-electron chi connectivity index (χ3n) is 4.22. The van der Waals surface area contributed by atoms with Gasteiger partial charge < -0.3 is 5.73 Å². The van der Waals surface area contributed by atoms with Crippen molar-refractivity contribution in [2.75, 3.05) is 13.1 Å². The van der Waals surface area contributed by atoms with E-state index in [2.05, 4.69) is 65.6 Å². The van der Waals surface area contributed by atoms with Crippen molar-refractivity contribution >= 4 is 0 Å². The van der Waals surface area contributed by atoms with Crippen LogP contribution in [0.25, 0.3) is 0 Å². The van der Waals surface area contributed by atoms with Crippen LogP contribution in [0.5, 0.6) is 0 Å². The molecule has 104 valence electrons. The van der Waals surface area contributed by atoms with Crippen LogP contribution < -0.4 is 5.73 Å². The van der Waals surface area contributed by atoms with Crippen molar-refractivity contribution in [3.63, 3.8) is 0 Å². The molecule has 1 saturated heterocycles. The van der Waals surface area contributed by atoms with Gasteiger partial charge in [-0.3, -0.25) is 4.90 Å². The SMILES string of the molecule is NC1CN(Cc2ccccc2)CCC1c1ccccc1. The minimum atomic E-state index is 0.231. The lowest BCUT2D eigenvalue weighted by atomic mass is 9.86. The topological polar surface area (TPSA) is 29.3 Å². The van der Waals surface area contributed by atoms with Gasteiger partial charge in [-0.1, -0.05) is 60.7 Å². The third-order valence-corrected chi connectivity index (χ3v) is 4.22. The van der Waals surface area contributed by atoms with E-state index in [-0.39, 0.29) is 6.04 Å². The van der Waals surface area contributed by atoms with Crippen LogP contribution in [0.1, 0.15) is 23.5 Å². The molecule has 1 aliphatic heterocycles. The molecule has 2 atom stereocenters. The number of nitrogens with two attached hydrogens (primary N) is 1. The van der Waals surface area contributed by atoms with Crippen molar-refractivity contribution < 1.29 is 0 Å². The Kier molecular flexibility index (Phi) is 4.14. The average molecular weight is 266 g/mol. The molecule has 2 heteroatoms. The Morgan fingerprint density at radius 3 is 2.25 bits per heavy atom. The lowest BCUT2D eigenvalue weighted by Gasteiger charge is -2.37. The zero-order chi connectivity index (χ0) is 13.8. The molecule has 20 heavy (non-hydrogen) atoms. The summed E-state index contributed by atoms with van der Waals surface area (Å²) in [7, 11) is 0. The summed E-state index contributed by atoms with van der Waals surface area (Å²) in [4.78, 5) is 2.47. The highest BCUT2D eigenvalue weighted by Gasteiger charge is 2.27. The Morgan fingerprint density at radius 2 is 1.60 bits per heavy atom. The number of hydrogen-bond acceptors (Lipinski definition) is 2. The van der Waals surface area contributed by atoms with Crippen LogP contribution in [-0.4, -0.2) is 24.0 Å². The fourth-order valence-corrected chi connectivity index (χ4v) is 3.15. The Balaban J connectivity index is 1.62. The van der Waals surface area contributed by atoms with E-state index < -0.39 is 0 Å². The van der Waals surface area contributed by atoms with Crippen molar-refractivity contribution in [2.24, 2.45) is 5.73 Å². The quantitative estimate of drug-likeness (QED) is 0.925. The summed E-state index contributed by atoms with van der Waals surface area (Å²) in [5, 5.41) is 0. The third kappa shape index (κ3) is 3.09. The highest BCUT2D eigenvalue weighted by atomic mass is 15.1. The molecule has 0 saturated carbocycles. The second-order valence-electron chi connectivity index (χ2n) is 5.69. The van der Waals surface area contributed by atoms with Crippen molar-refractivity contribution in [1.82, 2.24) is 4.90 Å². The van der Waals surface area contributed by atoms with Gasteiger partial charge >= 0.3 is 0 Å². The van der Waals surface area contributed by atoms with Gasteiger partial charge in [-0.15, -0.1) is 0 Å². The van der Waals surface area contributed by atoms with E-state index in [4.69, 9.17) is 5.73 Å². The molecule has 2 N–H and O–H groups in total. The van der Waals surface area contributed by atoms with Gasteiger partial charge in [0, 0.05) is 25.0 Å². The minimum Gasteiger partial charge on any atom is -0.326 e. The number of piperidine rings is 1. The molecule has 0 aliphatic carbocycles. The number of rotatable bonds is 3. The van der Waals surface area contributed by atoms with Crippen LogP contribution in [0, 0.1) is 0 Å². The molecule has 2 nitrogen and oxygen atoms in total. The van der Waals surface area contributed by atoms with E-state index in [1.54, 1.807) is 0 Å². The van der Waals surface area contributed by atoms with Crippen LogP contribution in [-0.2, 0) is 6.54 Å². The lowest BCUT2D eigenvalue weighted by molar-refractivity contribution is 0.183. The molecule has 0 radical (unpaired) electrons. The summed E-state index contributed by atoms with van der Waals surface area (Å²) in [6.07, 6.45) is 1.15. The zero-order valence-corrected chi connectivity index (χ0v) is 11.8. The summed E-state index contributed by atoms with van der Waals surface area (Å²) < 4.78 is 0. The molecule has 1 aliphatic rings. The first-order valence-electron chi connectivity index (χ1n) is 7.40. The standard InChI is InChI=1S/C18H22N2/c19-18-14-20(13-15-7-3-1-4-8-15)12-11-17(18)16-9-5-2-6-10-16/h1-10,17-18H,11-14,19H2. The highest BCUT2D eigenvalue weighted by molar-refractivity contribution is 5.22. The molecule has 0 aromatic heterocycles. The molecule has 2 unspecified atom stereocenters. The largest absolute Gasteiger partial charge is 0.326 e. The summed E-state index contributed by atoms with van der Waals surface area (Å²) >= 11 is 0. The van der Waals surface area contributed by atoms with Crippen molar-refractivity contribution in [3.8, 4) is 0 Å². The van der Waals surface area contributed by atoms with Crippen LogP contribution in [0.15, 0.2) is 60.7 Å². The molecule has 0 spiro atoms. The molecule has 2 aromatic rings. The first kappa shape index (κ1) is 13.3. The van der Waals surface area contributed by atoms with Gasteiger partial charge in [-0.05, 0) is 24.1 Å². The van der Waals surface area contributed by atoms with Gasteiger partial charge in [0.15, 0.2) is 0 Å². The van der Waals surface area contributed by atoms with Crippen LogP contribution in [0.4, 0.5) is 0 Å². The van der Waals surface area contributed by atoms with E-state index in [1.165, 1.54) is 11.1 Å². The Hall–Kier alpha value is -1.64. The fraction of sp³-hybridized carbons (Fsp3) is 0.333. The van der Waals surface area contributed by atoms with E-state index in [1.807, 2.05) is 0 Å². The predicted octanol–water partition coefficient (Wildman–Crippen LogP) is 3.00. The van der Waals surface area contributed by atoms with Gasteiger partial charge in [0.05, 0.1) is 0 Å². The number of hydrogen-bond donors (Lipinski definition) is 1. The normalized spacial score (nSPS) is 23.6. The molecular formula is C18H22N2. The fourth-order valence-electron chi connectivity index (χ4n) is 3.15. The van der Waals surface area contributed by atoms with Crippen molar-refractivity contribution in [1.29, 1.82) is 0 Å². The zero-order valence-electron chi connectivity index (χ0n) is 11.8. The van der Waals surface area contributed by atoms with E-state index in [9.17, 15) is 0 Å². The second kappa shape index (κ2) is 6.21. The van der Waals surface area contributed by atoms with Gasteiger partial charge in [-0.2, -0.15) is 0 Å². The minimum absolute atomic E-state index is 0.231. The maximum atomic E-state index is 6.41. The van der Waals surface area contributed by atoms with Gasteiger partial charge in [0.1, 0.15) is 0 Å². The molecule has 1 fully saturated rings. The van der Waals surface area contributed by atoms with Gasteiger partial charge in [-0.25, -0.2) is 0 Å². The summed E-state index contributed by atoms with van der Waals surface area (Å²) in [6.45, 7) is 3.12. The summed E-state index contributed by atoms with van der Waals surface area (Å²) in [6, 6.07) is 21.6. The van der Waals surface area contributed by atoms with Crippen molar-refractivity contribution in [2.45, 2.75) is 24.9 Å². The highest BCUT2D eigenvalue weighted by Crippen LogP contribution is 2.27. The smallest absolute Gasteiger partial charge is 0.0238 e. The number of nitrogens with zero attached hydrogens (tertiary/aromatic N) is 1. The Morgan fingerprint density at radius 1 is 0.950 bits per heavy atom. The van der Waals surface area contributed by atoms with Crippen molar-refractivity contribution in [3.05, 3.63) is 71.8 Å². The first-order chi connectivity index (χ1) is 9.83. The van der Waals surface area contributed by atoms with E-state index in [0.717, 1.165) is 26.1 Å². The van der Waals surface area contributed by atoms with Crippen LogP contribution in [0.2, 0.25) is 0 Å². The average Bonchev–Trinajstić information content (AvgIpc) is 2.49. The molecule has 2 aromatic carbocycles. The van der Waals surface area contributed by atoms with Gasteiger partial charge in [0.25, 0.3) is 0 Å². The maximum Gasteiger partial charge on any atom is 0.0238 e. The van der Waals surface area contributed by atoms with E-state index >= 15 is 0 Å². The molecule has 1 heterocycles. The summed E-state index contributed by atoms with van der Waals surface area (Å²) in [5.41, 5.74) is 9.17. The number of benzene rings is 2. The maximum absolute atomic E-state index is 6.41. The van der Waals surface area contributed by atoms with Crippen LogP contribution in [0.3, 0.4) is 0 Å². The first-order valence-corrected chi connectivity index (χ1v) is 7.40. The second-order valence-corrected chi connectivity index (χ2v) is 5.69. The molecule has 0 bridgehead atoms. The monoisotopic (exact) mass is 266 g/mol. The van der Waals surface area contributed by atoms with Gasteiger partial charge in [0.2, 0.25) is 0 Å². The lowest BCUT2D eigenvalue weighted by Crippen LogP contribution is -2.46. The van der Waals surface area contributed by atoms with E-state index in [0.29, 0.717) is 5.92 Å². The summed E-state index contributed by atoms with van der Waals surface area (Å²) in [5.74, 6) is 0.503.